The number of nitrogens with one attached hydrogen (secondary N) is 2. The molecule has 1 aromatic carbocycles. The number of hydrogen-bond acceptors (Lipinski definition) is 8. The van der Waals surface area contributed by atoms with E-state index in [-0.39, 0.29) is 11.8 Å². The molecule has 0 spiro atoms. The Bertz CT molecular complexity index is 1330. The van der Waals surface area contributed by atoms with Gasteiger partial charge in [0, 0.05) is 49.7 Å². The summed E-state index contributed by atoms with van der Waals surface area (Å²) < 4.78 is 5.37. The zero-order valence-electron chi connectivity index (χ0n) is 21.0. The Labute approximate surface area is 216 Å². The molecule has 2 N–H and O–H groups in total. The molecule has 1 aliphatic rings. The molecule has 1 atom stereocenters. The number of nitrogens with zero attached hydrogens (tertiary/aromatic N) is 5. The molecule has 0 aliphatic carbocycles. The molecule has 1 saturated heterocycles. The van der Waals surface area contributed by atoms with E-state index in [1.165, 1.54) is 0 Å². The lowest BCUT2D eigenvalue weighted by Crippen LogP contribution is -2.39. The highest BCUT2D eigenvalue weighted by atomic mass is 16.5. The van der Waals surface area contributed by atoms with Crippen molar-refractivity contribution in [1.82, 2.24) is 19.9 Å². The molecule has 1 aliphatic heterocycles. The van der Waals surface area contributed by atoms with Gasteiger partial charge in [0.15, 0.2) is 0 Å². The predicted molar refractivity (Wildman–Crippen MR) is 141 cm³/mol. The van der Waals surface area contributed by atoms with Gasteiger partial charge < -0.3 is 15.4 Å². The minimum absolute atomic E-state index is 0.276. The van der Waals surface area contributed by atoms with Gasteiger partial charge in [0.2, 0.25) is 5.95 Å². The van der Waals surface area contributed by atoms with Crippen molar-refractivity contribution in [3.63, 3.8) is 0 Å². The topological polar surface area (TPSA) is 116 Å². The average molecular weight is 496 g/mol. The van der Waals surface area contributed by atoms with Gasteiger partial charge in [-0.25, -0.2) is 9.97 Å². The maximum atomic E-state index is 12.8. The van der Waals surface area contributed by atoms with E-state index in [1.54, 1.807) is 49.8 Å². The maximum Gasteiger partial charge on any atom is 0.255 e. The van der Waals surface area contributed by atoms with Crippen LogP contribution in [-0.4, -0.2) is 65.2 Å². The Kier molecular flexibility index (Phi) is 8.77. The molecule has 1 amide bonds. The van der Waals surface area contributed by atoms with Crippen LogP contribution in [0.1, 0.15) is 45.6 Å². The molecule has 1 fully saturated rings. The molecule has 37 heavy (non-hydrogen) atoms. The largest absolute Gasteiger partial charge is 0.379 e. The number of nitriles is 1. The van der Waals surface area contributed by atoms with Gasteiger partial charge in [0.1, 0.15) is 0 Å². The number of rotatable bonds is 7. The lowest BCUT2D eigenvalue weighted by molar-refractivity contribution is 0.0398. The maximum absolute atomic E-state index is 12.8. The first kappa shape index (κ1) is 25.8. The van der Waals surface area contributed by atoms with Crippen molar-refractivity contribution in [1.29, 1.82) is 5.26 Å². The zero-order valence-corrected chi connectivity index (χ0v) is 21.0. The standard InChI is InChI=1S/C28H29N7O2/c1-20(16-29)23-4-3-5-25(14-23)27(36)34-26-15-24(21(2)31-19-26)7-6-22-17-32-28(33-18-22)30-8-9-35-10-12-37-13-11-35/h3-5,14-15,17-20H,8-13H2,1-2H3,(H,34,36)(H,30,32,33). The van der Waals surface area contributed by atoms with E-state index in [2.05, 4.69) is 48.4 Å². The molecule has 2 aromatic heterocycles. The second-order valence-corrected chi connectivity index (χ2v) is 8.71. The normalized spacial score (nSPS) is 14.1. The molecule has 9 heteroatoms. The van der Waals surface area contributed by atoms with Crippen molar-refractivity contribution in [3.8, 4) is 17.9 Å². The molecule has 1 unspecified atom stereocenters. The van der Waals surface area contributed by atoms with Crippen molar-refractivity contribution < 1.29 is 9.53 Å². The van der Waals surface area contributed by atoms with E-state index in [9.17, 15) is 4.79 Å². The van der Waals surface area contributed by atoms with Gasteiger partial charge in [0.05, 0.1) is 48.3 Å². The van der Waals surface area contributed by atoms with Crippen LogP contribution in [0.15, 0.2) is 48.9 Å². The van der Waals surface area contributed by atoms with Crippen molar-refractivity contribution in [2.45, 2.75) is 19.8 Å². The second kappa shape index (κ2) is 12.6. The van der Waals surface area contributed by atoms with Gasteiger partial charge in [-0.15, -0.1) is 0 Å². The summed E-state index contributed by atoms with van der Waals surface area (Å²) in [5.41, 5.74) is 3.92. The summed E-state index contributed by atoms with van der Waals surface area (Å²) in [5.74, 6) is 6.16. The van der Waals surface area contributed by atoms with Crippen LogP contribution >= 0.6 is 0 Å². The van der Waals surface area contributed by atoms with E-state index >= 15 is 0 Å². The van der Waals surface area contributed by atoms with E-state index in [0.29, 0.717) is 28.3 Å². The van der Waals surface area contributed by atoms with Crippen molar-refractivity contribution in [2.24, 2.45) is 0 Å². The smallest absolute Gasteiger partial charge is 0.255 e. The van der Waals surface area contributed by atoms with E-state index in [4.69, 9.17) is 10.00 Å². The fourth-order valence-electron chi connectivity index (χ4n) is 3.73. The number of carbonyl (C=O) groups is 1. The fourth-order valence-corrected chi connectivity index (χ4v) is 3.73. The molecular weight excluding hydrogens is 466 g/mol. The highest BCUT2D eigenvalue weighted by molar-refractivity contribution is 6.04. The number of morpholine rings is 1. The highest BCUT2D eigenvalue weighted by Gasteiger charge is 2.11. The van der Waals surface area contributed by atoms with E-state index in [0.717, 1.165) is 50.7 Å². The Hall–Kier alpha value is -4.31. The minimum atomic E-state index is -0.292. The van der Waals surface area contributed by atoms with Gasteiger partial charge >= 0.3 is 0 Å². The van der Waals surface area contributed by atoms with Crippen LogP contribution in [0.4, 0.5) is 11.6 Å². The first-order chi connectivity index (χ1) is 18.0. The monoisotopic (exact) mass is 495 g/mol. The van der Waals surface area contributed by atoms with Crippen molar-refractivity contribution >= 4 is 17.5 Å². The predicted octanol–water partition coefficient (Wildman–Crippen LogP) is 3.20. The number of pyridine rings is 1. The lowest BCUT2D eigenvalue weighted by Gasteiger charge is -2.26. The van der Waals surface area contributed by atoms with Gasteiger partial charge in [0.25, 0.3) is 5.91 Å². The number of carbonyl (C=O) groups excluding carboxylic acids is 1. The van der Waals surface area contributed by atoms with E-state index in [1.807, 2.05) is 13.0 Å². The number of hydrogen-bond donors (Lipinski definition) is 2. The molecule has 4 rings (SSSR count). The summed E-state index contributed by atoms with van der Waals surface area (Å²) in [4.78, 5) is 28.2. The molecular formula is C28H29N7O2. The summed E-state index contributed by atoms with van der Waals surface area (Å²) >= 11 is 0. The van der Waals surface area contributed by atoms with Gasteiger partial charge in [-0.05, 0) is 37.6 Å². The van der Waals surface area contributed by atoms with Gasteiger partial charge in [-0.3, -0.25) is 14.7 Å². The highest BCUT2D eigenvalue weighted by Crippen LogP contribution is 2.18. The van der Waals surface area contributed by atoms with Crippen LogP contribution in [0.3, 0.4) is 0 Å². The fraction of sp³-hybridized carbons (Fsp3) is 0.321. The number of aryl methyl sites for hydroxylation is 1. The first-order valence-electron chi connectivity index (χ1n) is 12.2. The van der Waals surface area contributed by atoms with Crippen LogP contribution in [0.2, 0.25) is 0 Å². The van der Waals surface area contributed by atoms with Crippen LogP contribution < -0.4 is 10.6 Å². The summed E-state index contributed by atoms with van der Waals surface area (Å²) in [6.45, 7) is 8.80. The number of anilines is 2. The van der Waals surface area contributed by atoms with E-state index < -0.39 is 0 Å². The van der Waals surface area contributed by atoms with Crippen LogP contribution in [-0.2, 0) is 4.74 Å². The summed E-state index contributed by atoms with van der Waals surface area (Å²) in [6.07, 6.45) is 4.96. The molecule has 9 nitrogen and oxygen atoms in total. The molecule has 3 heterocycles. The average Bonchev–Trinajstić information content (AvgIpc) is 2.94. The molecule has 0 saturated carbocycles. The first-order valence-corrected chi connectivity index (χ1v) is 12.2. The number of benzene rings is 1. The van der Waals surface area contributed by atoms with Gasteiger partial charge in [-0.2, -0.15) is 5.26 Å². The molecule has 3 aromatic rings. The summed E-state index contributed by atoms with van der Waals surface area (Å²) in [5, 5.41) is 15.2. The molecule has 0 radical (unpaired) electrons. The number of ether oxygens (including phenoxy) is 1. The second-order valence-electron chi connectivity index (χ2n) is 8.71. The Morgan fingerprint density at radius 3 is 2.68 bits per heavy atom. The summed E-state index contributed by atoms with van der Waals surface area (Å²) in [6, 6.07) is 11.0. The summed E-state index contributed by atoms with van der Waals surface area (Å²) in [7, 11) is 0. The Morgan fingerprint density at radius 2 is 1.92 bits per heavy atom. The number of aromatic nitrogens is 3. The molecule has 188 valence electrons. The SMILES string of the molecule is Cc1ncc(NC(=O)c2cccc(C(C)C#N)c2)cc1C#Cc1cnc(NCCN2CCOCC2)nc1. The van der Waals surface area contributed by atoms with Crippen molar-refractivity contribution in [3.05, 3.63) is 76.9 Å². The third kappa shape index (κ3) is 7.34. The minimum Gasteiger partial charge on any atom is -0.379 e. The number of amides is 1. The third-order valence-corrected chi connectivity index (χ3v) is 6.00. The Morgan fingerprint density at radius 1 is 1.14 bits per heavy atom. The quantitative estimate of drug-likeness (QED) is 0.480. The van der Waals surface area contributed by atoms with Crippen LogP contribution in [0, 0.1) is 30.1 Å². The lowest BCUT2D eigenvalue weighted by atomic mass is 10.0. The molecule has 0 bridgehead atoms. The third-order valence-electron chi connectivity index (χ3n) is 6.00. The Balaban J connectivity index is 1.37. The van der Waals surface area contributed by atoms with Crippen LogP contribution in [0.25, 0.3) is 0 Å². The zero-order chi connectivity index (χ0) is 26.0. The van der Waals surface area contributed by atoms with Crippen LogP contribution in [0.5, 0.6) is 0 Å². The van der Waals surface area contributed by atoms with Gasteiger partial charge in [-0.1, -0.05) is 24.0 Å². The van der Waals surface area contributed by atoms with Crippen molar-refractivity contribution in [2.75, 3.05) is 50.0 Å².